The molecule has 112 valence electrons. The molecule has 7 heteroatoms. The second-order valence-electron chi connectivity index (χ2n) is 3.95. The van der Waals surface area contributed by atoms with E-state index >= 15 is 0 Å². The molecular weight excluding hydrogens is 292 g/mol. The van der Waals surface area contributed by atoms with Crippen LogP contribution in [0.25, 0.3) is 0 Å². The number of carbonyl (C=O) groups is 3. The first-order chi connectivity index (χ1) is 10.6. The van der Waals surface area contributed by atoms with Crippen molar-refractivity contribution in [2.45, 2.75) is 0 Å². The highest BCUT2D eigenvalue weighted by atomic mass is 17.2. The van der Waals surface area contributed by atoms with Crippen LogP contribution in [0.1, 0.15) is 0 Å². The van der Waals surface area contributed by atoms with Crippen LogP contribution in [0.4, 0.5) is 0 Å². The third-order valence-electron chi connectivity index (χ3n) is 2.41. The minimum absolute atomic E-state index is 0.0119. The highest BCUT2D eigenvalue weighted by Gasteiger charge is 2.25. The Morgan fingerprint density at radius 1 is 0.818 bits per heavy atom. The summed E-state index contributed by atoms with van der Waals surface area (Å²) in [5.74, 6) is -4.54. The van der Waals surface area contributed by atoms with Crippen LogP contribution in [0, 0.1) is 0 Å². The Bertz CT molecular complexity index is 694. The number of para-hydroxylation sites is 3. The normalized spacial score (nSPS) is 9.64. The number of benzene rings is 2. The summed E-state index contributed by atoms with van der Waals surface area (Å²) in [6.45, 7) is 0. The zero-order valence-corrected chi connectivity index (χ0v) is 11.1. The predicted molar refractivity (Wildman–Crippen MR) is 72.3 cm³/mol. The number of hydrogen-bond acceptors (Lipinski definition) is 6. The summed E-state index contributed by atoms with van der Waals surface area (Å²) in [5, 5.41) is 8.37. The van der Waals surface area contributed by atoms with Crippen molar-refractivity contribution in [3.63, 3.8) is 0 Å². The van der Waals surface area contributed by atoms with E-state index in [0.29, 0.717) is 5.75 Å². The molecule has 0 fully saturated rings. The molecule has 0 aromatic heterocycles. The topological polar surface area (TPSA) is 99.1 Å². The van der Waals surface area contributed by atoms with Gasteiger partial charge in [-0.05, 0) is 24.3 Å². The largest absolute Gasteiger partial charge is 0.475 e. The highest BCUT2D eigenvalue weighted by Crippen LogP contribution is 2.31. The van der Waals surface area contributed by atoms with Crippen LogP contribution >= 0.6 is 0 Å². The molecule has 0 atom stereocenters. The van der Waals surface area contributed by atoms with Gasteiger partial charge in [0, 0.05) is 0 Å². The molecule has 0 amide bonds. The van der Waals surface area contributed by atoms with Crippen molar-refractivity contribution >= 4 is 17.7 Å². The number of aliphatic carboxylic acids is 1. The van der Waals surface area contributed by atoms with Crippen molar-refractivity contribution in [1.29, 1.82) is 0 Å². The molecule has 0 bridgehead atoms. The lowest BCUT2D eigenvalue weighted by atomic mass is 10.3. The number of carbonyl (C=O) groups excluding carboxylic acids is 2. The first-order valence-corrected chi connectivity index (χ1v) is 6.06. The summed E-state index contributed by atoms with van der Waals surface area (Å²) >= 11 is 0. The van der Waals surface area contributed by atoms with E-state index in [1.165, 1.54) is 6.07 Å². The molecule has 0 saturated heterocycles. The van der Waals surface area contributed by atoms with Gasteiger partial charge < -0.3 is 9.84 Å². The van der Waals surface area contributed by atoms with E-state index in [2.05, 4.69) is 9.78 Å². The first-order valence-electron chi connectivity index (χ1n) is 6.06. The Hall–Kier alpha value is -3.35. The van der Waals surface area contributed by atoms with Gasteiger partial charge in [-0.2, -0.15) is 0 Å². The average molecular weight is 302 g/mol. The van der Waals surface area contributed by atoms with Gasteiger partial charge in [-0.1, -0.05) is 30.3 Å². The lowest BCUT2D eigenvalue weighted by molar-refractivity contribution is -0.213. The van der Waals surface area contributed by atoms with Crippen LogP contribution in [0.15, 0.2) is 54.6 Å². The zero-order chi connectivity index (χ0) is 15.9. The van der Waals surface area contributed by atoms with Crippen LogP contribution in [0.3, 0.4) is 0 Å². The predicted octanol–water partition coefficient (Wildman–Crippen LogP) is 1.97. The van der Waals surface area contributed by atoms with Gasteiger partial charge in [0.2, 0.25) is 5.75 Å². The molecule has 1 N–H and O–H groups in total. The van der Waals surface area contributed by atoms with E-state index in [1.54, 1.807) is 42.5 Å². The Morgan fingerprint density at radius 3 is 2.05 bits per heavy atom. The van der Waals surface area contributed by atoms with Crippen LogP contribution in [0.2, 0.25) is 0 Å². The van der Waals surface area contributed by atoms with Crippen LogP contribution in [-0.2, 0) is 19.3 Å². The van der Waals surface area contributed by atoms with Crippen LogP contribution < -0.4 is 9.62 Å². The monoisotopic (exact) mass is 302 g/mol. The van der Waals surface area contributed by atoms with Crippen molar-refractivity contribution in [2.75, 3.05) is 0 Å². The maximum Gasteiger partial charge on any atom is 0.433 e. The maximum absolute atomic E-state index is 11.1. The Kier molecular flexibility index (Phi) is 4.71. The summed E-state index contributed by atoms with van der Waals surface area (Å²) in [7, 11) is 0. The van der Waals surface area contributed by atoms with E-state index < -0.39 is 17.7 Å². The smallest absolute Gasteiger partial charge is 0.433 e. The van der Waals surface area contributed by atoms with E-state index in [4.69, 9.17) is 9.84 Å². The van der Waals surface area contributed by atoms with Gasteiger partial charge in [0.1, 0.15) is 5.75 Å². The second-order valence-corrected chi connectivity index (χ2v) is 3.95. The molecular formula is C15H10O7. The molecule has 0 radical (unpaired) electrons. The SMILES string of the molecule is O=C(O)C(=O)C(=O)OOc1ccccc1Oc1ccccc1. The summed E-state index contributed by atoms with van der Waals surface area (Å²) in [4.78, 5) is 41.2. The van der Waals surface area contributed by atoms with Gasteiger partial charge in [-0.3, -0.25) is 9.68 Å². The van der Waals surface area contributed by atoms with Gasteiger partial charge in [0.05, 0.1) is 0 Å². The van der Waals surface area contributed by atoms with Crippen LogP contribution in [0.5, 0.6) is 17.2 Å². The van der Waals surface area contributed by atoms with Crippen LogP contribution in [-0.4, -0.2) is 22.8 Å². The van der Waals surface area contributed by atoms with Crippen molar-refractivity contribution in [3.8, 4) is 17.2 Å². The number of carboxylic acids is 1. The van der Waals surface area contributed by atoms with Crippen molar-refractivity contribution in [1.82, 2.24) is 0 Å². The number of rotatable bonds is 6. The fraction of sp³-hybridized carbons (Fsp3) is 0. The second kappa shape index (κ2) is 6.89. The third-order valence-corrected chi connectivity index (χ3v) is 2.41. The summed E-state index contributed by atoms with van der Waals surface area (Å²) < 4.78 is 5.53. The minimum Gasteiger partial charge on any atom is -0.475 e. The molecule has 0 heterocycles. The standard InChI is InChI=1S/C15H10O7/c16-13(14(17)18)15(19)22-21-12-9-5-4-8-11(12)20-10-6-2-1-3-7-10/h1-9H,(H,17,18). The molecule has 0 aliphatic heterocycles. The molecule has 22 heavy (non-hydrogen) atoms. The summed E-state index contributed by atoms with van der Waals surface area (Å²) in [6, 6.07) is 15.0. The summed E-state index contributed by atoms with van der Waals surface area (Å²) in [6.07, 6.45) is 0. The molecule has 0 aliphatic rings. The van der Waals surface area contributed by atoms with Gasteiger partial charge in [0.15, 0.2) is 5.75 Å². The number of ketones is 1. The molecule has 2 aromatic rings. The van der Waals surface area contributed by atoms with Crippen molar-refractivity contribution < 1.29 is 34.0 Å². The molecule has 2 rings (SSSR count). The zero-order valence-electron chi connectivity index (χ0n) is 11.1. The molecule has 0 spiro atoms. The fourth-order valence-electron chi connectivity index (χ4n) is 1.43. The van der Waals surface area contributed by atoms with Crippen molar-refractivity contribution in [2.24, 2.45) is 0 Å². The lowest BCUT2D eigenvalue weighted by Crippen LogP contribution is -2.26. The van der Waals surface area contributed by atoms with Gasteiger partial charge in [-0.15, -0.1) is 0 Å². The number of Topliss-reactive ketones (excluding diaryl/α,β-unsaturated/α-hetero) is 1. The first kappa shape index (κ1) is 15.0. The number of hydrogen-bond donors (Lipinski definition) is 1. The molecule has 2 aromatic carbocycles. The quantitative estimate of drug-likeness (QED) is 0.377. The molecule has 0 aliphatic carbocycles. The molecule has 7 nitrogen and oxygen atoms in total. The Labute approximate surface area is 124 Å². The van der Waals surface area contributed by atoms with Gasteiger partial charge >= 0.3 is 17.7 Å². The van der Waals surface area contributed by atoms with Gasteiger partial charge in [0.25, 0.3) is 0 Å². The number of ether oxygens (including phenoxy) is 1. The molecule has 0 saturated carbocycles. The highest BCUT2D eigenvalue weighted by molar-refractivity contribution is 6.59. The lowest BCUT2D eigenvalue weighted by Gasteiger charge is -2.09. The number of carboxylic acid groups (broad SMARTS) is 1. The minimum atomic E-state index is -1.93. The maximum atomic E-state index is 11.1. The fourth-order valence-corrected chi connectivity index (χ4v) is 1.43. The third kappa shape index (κ3) is 3.83. The summed E-state index contributed by atoms with van der Waals surface area (Å²) in [5.41, 5.74) is 0. The van der Waals surface area contributed by atoms with Crippen molar-refractivity contribution in [3.05, 3.63) is 54.6 Å². The molecule has 0 unspecified atom stereocenters. The van der Waals surface area contributed by atoms with E-state index in [1.807, 2.05) is 6.07 Å². The van der Waals surface area contributed by atoms with E-state index in [-0.39, 0.29) is 11.5 Å². The van der Waals surface area contributed by atoms with E-state index in [0.717, 1.165) is 0 Å². The van der Waals surface area contributed by atoms with Gasteiger partial charge in [-0.25, -0.2) is 14.5 Å². The Balaban J connectivity index is 2.07. The average Bonchev–Trinajstić information content (AvgIpc) is 2.54. The Morgan fingerprint density at radius 2 is 1.41 bits per heavy atom. The van der Waals surface area contributed by atoms with E-state index in [9.17, 15) is 14.4 Å².